The molecule has 0 radical (unpaired) electrons. The molecule has 0 bridgehead atoms. The lowest BCUT2D eigenvalue weighted by Crippen LogP contribution is -2.26. The number of hydrogen-bond donors (Lipinski definition) is 2. The Bertz CT molecular complexity index is 738. The Balaban J connectivity index is 1.55. The van der Waals surface area contributed by atoms with Gasteiger partial charge in [-0.25, -0.2) is 9.97 Å². The Morgan fingerprint density at radius 1 is 1.32 bits per heavy atom. The second kappa shape index (κ2) is 8.46. The van der Waals surface area contributed by atoms with Gasteiger partial charge < -0.3 is 15.1 Å². The van der Waals surface area contributed by atoms with E-state index in [1.54, 1.807) is 12.3 Å². The van der Waals surface area contributed by atoms with Gasteiger partial charge in [-0.2, -0.15) is 0 Å². The lowest BCUT2D eigenvalue weighted by Gasteiger charge is -2.13. The number of nitrogens with zero attached hydrogens (tertiary/aromatic N) is 2. The van der Waals surface area contributed by atoms with E-state index in [1.165, 1.54) is 24.8 Å². The monoisotopic (exact) mass is 340 g/mol. The van der Waals surface area contributed by atoms with Gasteiger partial charge in [-0.15, -0.1) is 0 Å². The number of hydrogen-bond acceptors (Lipinski definition) is 5. The fourth-order valence-electron chi connectivity index (χ4n) is 2.90. The number of aryl methyl sites for hydroxylation is 1. The third kappa shape index (κ3) is 5.17. The summed E-state index contributed by atoms with van der Waals surface area (Å²) in [4.78, 5) is 21.0. The van der Waals surface area contributed by atoms with Crippen molar-refractivity contribution in [3.05, 3.63) is 53.3 Å². The Morgan fingerprint density at radius 3 is 3.00 bits per heavy atom. The van der Waals surface area contributed by atoms with Crippen molar-refractivity contribution in [2.24, 2.45) is 0 Å². The topological polar surface area (TPSA) is 80.0 Å². The van der Waals surface area contributed by atoms with Gasteiger partial charge in [0.25, 0.3) is 5.91 Å². The predicted molar refractivity (Wildman–Crippen MR) is 96.3 cm³/mol. The summed E-state index contributed by atoms with van der Waals surface area (Å²) in [7, 11) is 0. The molecule has 0 unspecified atom stereocenters. The van der Waals surface area contributed by atoms with Crippen LogP contribution in [0.15, 0.2) is 40.5 Å². The van der Waals surface area contributed by atoms with Crippen LogP contribution in [0.4, 0.5) is 5.95 Å². The molecule has 0 fully saturated rings. The number of amides is 1. The highest BCUT2D eigenvalue weighted by Crippen LogP contribution is 2.19. The van der Waals surface area contributed by atoms with Crippen molar-refractivity contribution in [2.75, 3.05) is 11.9 Å². The van der Waals surface area contributed by atoms with E-state index < -0.39 is 0 Å². The van der Waals surface area contributed by atoms with Crippen LogP contribution in [0.1, 0.15) is 54.0 Å². The van der Waals surface area contributed by atoms with Crippen LogP contribution in [0.25, 0.3) is 0 Å². The zero-order valence-electron chi connectivity index (χ0n) is 14.5. The van der Waals surface area contributed by atoms with Crippen molar-refractivity contribution >= 4 is 11.9 Å². The van der Waals surface area contributed by atoms with Gasteiger partial charge in [-0.3, -0.25) is 4.79 Å². The van der Waals surface area contributed by atoms with Gasteiger partial charge in [0.2, 0.25) is 5.95 Å². The lowest BCUT2D eigenvalue weighted by molar-refractivity contribution is 0.0949. The largest absolute Gasteiger partial charge is 0.467 e. The van der Waals surface area contributed by atoms with Crippen LogP contribution in [0, 0.1) is 6.92 Å². The maximum atomic E-state index is 12.4. The molecular formula is C19H24N4O2. The van der Waals surface area contributed by atoms with Crippen molar-refractivity contribution in [1.82, 2.24) is 15.3 Å². The molecule has 0 aromatic carbocycles. The number of allylic oxidation sites excluding steroid dienone is 1. The van der Waals surface area contributed by atoms with Crippen LogP contribution in [0.2, 0.25) is 0 Å². The van der Waals surface area contributed by atoms with E-state index >= 15 is 0 Å². The number of nitrogens with one attached hydrogen (secondary N) is 2. The average molecular weight is 340 g/mol. The molecule has 6 nitrogen and oxygen atoms in total. The summed E-state index contributed by atoms with van der Waals surface area (Å²) in [6, 6.07) is 5.40. The van der Waals surface area contributed by atoms with E-state index in [4.69, 9.17) is 4.42 Å². The molecule has 2 N–H and O–H groups in total. The van der Waals surface area contributed by atoms with Crippen LogP contribution >= 0.6 is 0 Å². The molecule has 1 aliphatic rings. The number of carbonyl (C=O) groups is 1. The molecule has 0 aliphatic heterocycles. The summed E-state index contributed by atoms with van der Waals surface area (Å²) in [5.41, 5.74) is 2.58. The van der Waals surface area contributed by atoms with Gasteiger partial charge in [0, 0.05) is 12.2 Å². The lowest BCUT2D eigenvalue weighted by atomic mass is 9.97. The molecule has 25 heavy (non-hydrogen) atoms. The number of aromatic nitrogens is 2. The van der Waals surface area contributed by atoms with Gasteiger partial charge in [0.1, 0.15) is 11.5 Å². The van der Waals surface area contributed by atoms with Crippen molar-refractivity contribution in [3.63, 3.8) is 0 Å². The molecule has 3 rings (SSSR count). The van der Waals surface area contributed by atoms with Crippen LogP contribution in [-0.2, 0) is 6.54 Å². The number of anilines is 1. The molecule has 2 heterocycles. The Kier molecular flexibility index (Phi) is 5.82. The summed E-state index contributed by atoms with van der Waals surface area (Å²) in [6.45, 7) is 2.97. The van der Waals surface area contributed by atoms with Crippen LogP contribution in [0.3, 0.4) is 0 Å². The van der Waals surface area contributed by atoms with Crippen molar-refractivity contribution < 1.29 is 9.21 Å². The minimum Gasteiger partial charge on any atom is -0.467 e. The summed E-state index contributed by atoms with van der Waals surface area (Å²) in [5, 5.41) is 6.04. The quantitative estimate of drug-likeness (QED) is 0.753. The first-order valence-electron chi connectivity index (χ1n) is 8.79. The molecule has 0 saturated carbocycles. The Labute approximate surface area is 147 Å². The fraction of sp³-hybridized carbons (Fsp3) is 0.421. The third-order valence-electron chi connectivity index (χ3n) is 4.20. The number of rotatable bonds is 7. The highest BCUT2D eigenvalue weighted by molar-refractivity contribution is 5.92. The average Bonchev–Trinajstić information content (AvgIpc) is 3.14. The van der Waals surface area contributed by atoms with Gasteiger partial charge in [-0.05, 0) is 57.2 Å². The molecule has 132 valence electrons. The predicted octanol–water partition coefficient (Wildman–Crippen LogP) is 3.61. The highest BCUT2D eigenvalue weighted by atomic mass is 16.3. The molecule has 2 aromatic rings. The third-order valence-corrected chi connectivity index (χ3v) is 4.20. The van der Waals surface area contributed by atoms with Gasteiger partial charge >= 0.3 is 0 Å². The minimum atomic E-state index is -0.164. The molecule has 0 spiro atoms. The van der Waals surface area contributed by atoms with Crippen molar-refractivity contribution in [2.45, 2.75) is 45.6 Å². The number of carbonyl (C=O) groups excluding carboxylic acids is 1. The summed E-state index contributed by atoms with van der Waals surface area (Å²) >= 11 is 0. The first-order chi connectivity index (χ1) is 12.2. The maximum Gasteiger partial charge on any atom is 0.270 e. The Morgan fingerprint density at radius 2 is 2.24 bits per heavy atom. The van der Waals surface area contributed by atoms with Gasteiger partial charge in [-0.1, -0.05) is 11.6 Å². The molecule has 1 amide bonds. The van der Waals surface area contributed by atoms with Crippen LogP contribution in [0.5, 0.6) is 0 Å². The molecular weight excluding hydrogens is 316 g/mol. The van der Waals surface area contributed by atoms with E-state index in [9.17, 15) is 4.79 Å². The standard InChI is InChI=1S/C19H24N4O2/c1-14-12-17(18(24)20-10-9-15-6-3-2-4-7-15)23-19(22-14)21-13-16-8-5-11-25-16/h5-6,8,11-12H,2-4,7,9-10,13H2,1H3,(H,20,24)(H,21,22,23). The zero-order valence-corrected chi connectivity index (χ0v) is 14.5. The summed E-state index contributed by atoms with van der Waals surface area (Å²) in [6.07, 6.45) is 9.71. The van der Waals surface area contributed by atoms with Gasteiger partial charge in [0.05, 0.1) is 12.8 Å². The SMILES string of the molecule is Cc1cc(C(=O)NCCC2=CCCCC2)nc(NCc2ccco2)n1. The Hall–Kier alpha value is -2.63. The molecule has 0 atom stereocenters. The minimum absolute atomic E-state index is 0.164. The molecule has 2 aromatic heterocycles. The van der Waals surface area contributed by atoms with Crippen LogP contribution < -0.4 is 10.6 Å². The van der Waals surface area contributed by atoms with E-state index in [2.05, 4.69) is 26.7 Å². The van der Waals surface area contributed by atoms with Crippen molar-refractivity contribution in [3.8, 4) is 0 Å². The van der Waals surface area contributed by atoms with Crippen LogP contribution in [-0.4, -0.2) is 22.4 Å². The first-order valence-corrected chi connectivity index (χ1v) is 8.79. The van der Waals surface area contributed by atoms with E-state index in [1.807, 2.05) is 19.1 Å². The molecule has 1 aliphatic carbocycles. The second-order valence-corrected chi connectivity index (χ2v) is 6.27. The second-order valence-electron chi connectivity index (χ2n) is 6.27. The fourth-order valence-corrected chi connectivity index (χ4v) is 2.90. The van der Waals surface area contributed by atoms with Crippen molar-refractivity contribution in [1.29, 1.82) is 0 Å². The maximum absolute atomic E-state index is 12.4. The summed E-state index contributed by atoms with van der Waals surface area (Å²) < 4.78 is 5.27. The highest BCUT2D eigenvalue weighted by Gasteiger charge is 2.11. The van der Waals surface area contributed by atoms with E-state index in [-0.39, 0.29) is 5.91 Å². The summed E-state index contributed by atoms with van der Waals surface area (Å²) in [5.74, 6) is 1.05. The molecule has 0 saturated heterocycles. The smallest absolute Gasteiger partial charge is 0.270 e. The zero-order chi connectivity index (χ0) is 17.5. The first kappa shape index (κ1) is 17.2. The van der Waals surface area contributed by atoms with E-state index in [0.717, 1.165) is 24.3 Å². The molecule has 6 heteroatoms. The number of furan rings is 1. The normalized spacial score (nSPS) is 14.0. The van der Waals surface area contributed by atoms with E-state index in [0.29, 0.717) is 24.7 Å². The van der Waals surface area contributed by atoms with Gasteiger partial charge in [0.15, 0.2) is 0 Å².